The summed E-state index contributed by atoms with van der Waals surface area (Å²) in [4.78, 5) is 14.8. The van der Waals surface area contributed by atoms with Crippen molar-refractivity contribution in [1.29, 1.82) is 0 Å². The zero-order valence-electron chi connectivity index (χ0n) is 14.6. The van der Waals surface area contributed by atoms with Crippen molar-refractivity contribution in [3.63, 3.8) is 0 Å². The SMILES string of the molecule is Cc1cc(C)cc(C(=O)NC(=S)Nc2ccccc2N2CCCC2)c1. The molecule has 1 fully saturated rings. The van der Waals surface area contributed by atoms with Crippen LogP contribution in [0.2, 0.25) is 0 Å². The van der Waals surface area contributed by atoms with E-state index in [4.69, 9.17) is 12.2 Å². The fourth-order valence-electron chi connectivity index (χ4n) is 3.25. The predicted octanol–water partition coefficient (Wildman–Crippen LogP) is 4.03. The molecule has 1 heterocycles. The van der Waals surface area contributed by atoms with E-state index in [0.29, 0.717) is 10.7 Å². The van der Waals surface area contributed by atoms with Gasteiger partial charge in [-0.05, 0) is 63.2 Å². The second kappa shape index (κ2) is 7.66. The fourth-order valence-corrected chi connectivity index (χ4v) is 3.45. The van der Waals surface area contributed by atoms with Crippen LogP contribution >= 0.6 is 12.2 Å². The second-order valence-electron chi connectivity index (χ2n) is 6.50. The number of para-hydroxylation sites is 2. The number of carbonyl (C=O) groups excluding carboxylic acids is 1. The third-order valence-electron chi connectivity index (χ3n) is 4.31. The molecule has 0 aliphatic carbocycles. The lowest BCUT2D eigenvalue weighted by molar-refractivity contribution is 0.0977. The predicted molar refractivity (Wildman–Crippen MR) is 107 cm³/mol. The Morgan fingerprint density at radius 1 is 1.04 bits per heavy atom. The Bertz CT molecular complexity index is 777. The monoisotopic (exact) mass is 353 g/mol. The fraction of sp³-hybridized carbons (Fsp3) is 0.300. The maximum absolute atomic E-state index is 12.4. The topological polar surface area (TPSA) is 44.4 Å². The number of nitrogens with zero attached hydrogens (tertiary/aromatic N) is 1. The minimum absolute atomic E-state index is 0.192. The lowest BCUT2D eigenvalue weighted by Gasteiger charge is -2.22. The highest BCUT2D eigenvalue weighted by Crippen LogP contribution is 2.28. The maximum atomic E-state index is 12.4. The quantitative estimate of drug-likeness (QED) is 0.818. The van der Waals surface area contributed by atoms with E-state index >= 15 is 0 Å². The first-order chi connectivity index (χ1) is 12.0. The minimum atomic E-state index is -0.192. The molecule has 0 spiro atoms. The molecule has 4 nitrogen and oxygen atoms in total. The van der Waals surface area contributed by atoms with Gasteiger partial charge in [0, 0.05) is 18.7 Å². The lowest BCUT2D eigenvalue weighted by atomic mass is 10.1. The van der Waals surface area contributed by atoms with Crippen molar-refractivity contribution >= 4 is 34.6 Å². The molecule has 2 aromatic carbocycles. The molecule has 2 N–H and O–H groups in total. The summed E-state index contributed by atoms with van der Waals surface area (Å²) in [5.41, 5.74) is 4.79. The minimum Gasteiger partial charge on any atom is -0.370 e. The number of anilines is 2. The average molecular weight is 353 g/mol. The summed E-state index contributed by atoms with van der Waals surface area (Å²) in [5, 5.41) is 6.27. The summed E-state index contributed by atoms with van der Waals surface area (Å²) in [5.74, 6) is -0.192. The Labute approximate surface area is 154 Å². The van der Waals surface area contributed by atoms with Crippen LogP contribution in [-0.4, -0.2) is 24.1 Å². The zero-order valence-corrected chi connectivity index (χ0v) is 15.5. The zero-order chi connectivity index (χ0) is 17.8. The molecule has 0 radical (unpaired) electrons. The number of carbonyl (C=O) groups is 1. The highest BCUT2D eigenvalue weighted by atomic mass is 32.1. The molecule has 0 atom stereocenters. The summed E-state index contributed by atoms with van der Waals surface area (Å²) < 4.78 is 0. The first-order valence-corrected chi connectivity index (χ1v) is 8.98. The molecule has 5 heteroatoms. The maximum Gasteiger partial charge on any atom is 0.257 e. The van der Waals surface area contributed by atoms with Gasteiger partial charge in [0.25, 0.3) is 5.91 Å². The number of benzene rings is 2. The van der Waals surface area contributed by atoms with Crippen molar-refractivity contribution in [2.24, 2.45) is 0 Å². The van der Waals surface area contributed by atoms with Gasteiger partial charge in [0.1, 0.15) is 0 Å². The Balaban J connectivity index is 1.69. The molecule has 0 aromatic heterocycles. The Kier molecular flexibility index (Phi) is 5.34. The molecular weight excluding hydrogens is 330 g/mol. The highest BCUT2D eigenvalue weighted by molar-refractivity contribution is 7.80. The van der Waals surface area contributed by atoms with E-state index in [1.165, 1.54) is 12.8 Å². The van der Waals surface area contributed by atoms with Crippen LogP contribution in [0.4, 0.5) is 11.4 Å². The van der Waals surface area contributed by atoms with Crippen molar-refractivity contribution in [2.45, 2.75) is 26.7 Å². The first-order valence-electron chi connectivity index (χ1n) is 8.57. The van der Waals surface area contributed by atoms with Gasteiger partial charge < -0.3 is 10.2 Å². The molecule has 25 heavy (non-hydrogen) atoms. The van der Waals surface area contributed by atoms with Gasteiger partial charge in [-0.25, -0.2) is 0 Å². The third-order valence-corrected chi connectivity index (χ3v) is 4.51. The van der Waals surface area contributed by atoms with E-state index in [2.05, 4.69) is 21.6 Å². The van der Waals surface area contributed by atoms with E-state index in [1.54, 1.807) is 0 Å². The van der Waals surface area contributed by atoms with Crippen molar-refractivity contribution in [3.05, 3.63) is 59.2 Å². The molecule has 1 amide bonds. The molecule has 130 valence electrons. The molecule has 1 saturated heterocycles. The second-order valence-corrected chi connectivity index (χ2v) is 6.90. The van der Waals surface area contributed by atoms with Crippen LogP contribution in [0.3, 0.4) is 0 Å². The number of rotatable bonds is 3. The normalized spacial score (nSPS) is 13.6. The van der Waals surface area contributed by atoms with E-state index in [-0.39, 0.29) is 5.91 Å². The van der Waals surface area contributed by atoms with Crippen LogP contribution in [0.1, 0.15) is 34.3 Å². The van der Waals surface area contributed by atoms with Gasteiger partial charge in [-0.3, -0.25) is 10.1 Å². The highest BCUT2D eigenvalue weighted by Gasteiger charge is 2.16. The van der Waals surface area contributed by atoms with Gasteiger partial charge in [-0.1, -0.05) is 29.3 Å². The summed E-state index contributed by atoms with van der Waals surface area (Å²) in [7, 11) is 0. The molecule has 0 saturated carbocycles. The number of aryl methyl sites for hydroxylation is 2. The van der Waals surface area contributed by atoms with E-state index in [9.17, 15) is 4.79 Å². The van der Waals surface area contributed by atoms with E-state index in [0.717, 1.165) is 35.6 Å². The van der Waals surface area contributed by atoms with Crippen LogP contribution in [-0.2, 0) is 0 Å². The lowest BCUT2D eigenvalue weighted by Crippen LogP contribution is -2.34. The van der Waals surface area contributed by atoms with Crippen molar-refractivity contribution in [1.82, 2.24) is 5.32 Å². The van der Waals surface area contributed by atoms with Crippen LogP contribution in [0.5, 0.6) is 0 Å². The van der Waals surface area contributed by atoms with E-state index < -0.39 is 0 Å². The molecule has 3 rings (SSSR count). The summed E-state index contributed by atoms with van der Waals surface area (Å²) in [6, 6.07) is 13.8. The number of hydrogen-bond acceptors (Lipinski definition) is 3. The Morgan fingerprint density at radius 2 is 1.68 bits per heavy atom. The number of amides is 1. The van der Waals surface area contributed by atoms with Gasteiger partial charge in [-0.2, -0.15) is 0 Å². The third kappa shape index (κ3) is 4.37. The molecule has 0 unspecified atom stereocenters. The molecule has 0 bridgehead atoms. The van der Waals surface area contributed by atoms with Crippen molar-refractivity contribution < 1.29 is 4.79 Å². The first kappa shape index (κ1) is 17.4. The van der Waals surface area contributed by atoms with Gasteiger partial charge in [-0.15, -0.1) is 0 Å². The molecular formula is C20H23N3OS. The Morgan fingerprint density at radius 3 is 2.36 bits per heavy atom. The van der Waals surface area contributed by atoms with Gasteiger partial charge in [0.15, 0.2) is 5.11 Å². The van der Waals surface area contributed by atoms with Gasteiger partial charge in [0.05, 0.1) is 11.4 Å². The largest absolute Gasteiger partial charge is 0.370 e. The molecule has 1 aliphatic heterocycles. The summed E-state index contributed by atoms with van der Waals surface area (Å²) >= 11 is 5.35. The molecule has 1 aliphatic rings. The van der Waals surface area contributed by atoms with Crippen molar-refractivity contribution in [3.8, 4) is 0 Å². The Hall–Kier alpha value is -2.40. The van der Waals surface area contributed by atoms with Crippen LogP contribution in [0, 0.1) is 13.8 Å². The van der Waals surface area contributed by atoms with Crippen LogP contribution in [0.15, 0.2) is 42.5 Å². The smallest absolute Gasteiger partial charge is 0.257 e. The average Bonchev–Trinajstić information content (AvgIpc) is 3.08. The number of nitrogens with one attached hydrogen (secondary N) is 2. The molecule has 2 aromatic rings. The number of thiocarbonyl (C=S) groups is 1. The van der Waals surface area contributed by atoms with Crippen LogP contribution < -0.4 is 15.5 Å². The van der Waals surface area contributed by atoms with Gasteiger partial charge >= 0.3 is 0 Å². The van der Waals surface area contributed by atoms with E-state index in [1.807, 2.05) is 50.2 Å². The van der Waals surface area contributed by atoms with Crippen LogP contribution in [0.25, 0.3) is 0 Å². The standard InChI is InChI=1S/C20H23N3OS/c1-14-11-15(2)13-16(12-14)19(24)22-20(25)21-17-7-3-4-8-18(17)23-9-5-6-10-23/h3-4,7-8,11-13H,5-6,9-10H2,1-2H3,(H2,21,22,24,25). The summed E-state index contributed by atoms with van der Waals surface area (Å²) in [6.07, 6.45) is 2.42. The number of hydrogen-bond donors (Lipinski definition) is 2. The summed E-state index contributed by atoms with van der Waals surface area (Å²) in [6.45, 7) is 6.07. The van der Waals surface area contributed by atoms with Crippen molar-refractivity contribution in [2.75, 3.05) is 23.3 Å². The van der Waals surface area contributed by atoms with Gasteiger partial charge in [0.2, 0.25) is 0 Å².